The molecular weight excluding hydrogens is 441 g/mol. The van der Waals surface area contributed by atoms with Gasteiger partial charge in [0.2, 0.25) is 5.91 Å². The van der Waals surface area contributed by atoms with Crippen LogP contribution in [-0.2, 0) is 11.3 Å². The number of thioether (sulfide) groups is 1. The zero-order valence-corrected chi connectivity index (χ0v) is 19.0. The molecule has 0 atom stereocenters. The fraction of sp³-hybridized carbons (Fsp3) is 0.333. The van der Waals surface area contributed by atoms with Gasteiger partial charge in [-0.2, -0.15) is 0 Å². The molecule has 0 unspecified atom stereocenters. The predicted octanol–water partition coefficient (Wildman–Crippen LogP) is 4.71. The van der Waals surface area contributed by atoms with Gasteiger partial charge in [-0.25, -0.2) is 9.18 Å². The quantitative estimate of drug-likeness (QED) is 0.492. The van der Waals surface area contributed by atoms with E-state index in [-0.39, 0.29) is 17.6 Å². The topological polar surface area (TPSA) is 88.9 Å². The van der Waals surface area contributed by atoms with Gasteiger partial charge in [-0.3, -0.25) is 14.7 Å². The zero-order valence-electron chi connectivity index (χ0n) is 18.2. The SMILES string of the molecule is O=C(CSc1nnc(-c2ccccc2F)n1C1CCCCC1)NC(=O)NCc1ccccc1. The second-order valence-corrected chi connectivity index (χ2v) is 8.90. The fourth-order valence-electron chi connectivity index (χ4n) is 3.99. The van der Waals surface area contributed by atoms with Crippen molar-refractivity contribution in [1.29, 1.82) is 0 Å². The molecule has 1 aliphatic rings. The Balaban J connectivity index is 1.41. The molecule has 4 rings (SSSR count). The molecule has 33 heavy (non-hydrogen) atoms. The number of urea groups is 1. The Labute approximate surface area is 196 Å². The third kappa shape index (κ3) is 5.98. The number of rotatable bonds is 7. The summed E-state index contributed by atoms with van der Waals surface area (Å²) >= 11 is 1.20. The van der Waals surface area contributed by atoms with Crippen molar-refractivity contribution in [3.8, 4) is 11.4 Å². The maximum Gasteiger partial charge on any atom is 0.321 e. The molecule has 7 nitrogen and oxygen atoms in total. The maximum atomic E-state index is 14.5. The highest BCUT2D eigenvalue weighted by atomic mass is 32.2. The molecule has 1 saturated carbocycles. The molecule has 1 aromatic heterocycles. The van der Waals surface area contributed by atoms with Gasteiger partial charge in [0.1, 0.15) is 5.82 Å². The van der Waals surface area contributed by atoms with Crippen LogP contribution in [-0.4, -0.2) is 32.5 Å². The van der Waals surface area contributed by atoms with Gasteiger partial charge < -0.3 is 5.32 Å². The molecule has 0 radical (unpaired) electrons. The summed E-state index contributed by atoms with van der Waals surface area (Å²) in [6, 6.07) is 15.6. The minimum Gasteiger partial charge on any atom is -0.334 e. The second kappa shape index (κ2) is 11.1. The summed E-state index contributed by atoms with van der Waals surface area (Å²) < 4.78 is 16.5. The van der Waals surface area contributed by atoms with E-state index in [2.05, 4.69) is 20.8 Å². The van der Waals surface area contributed by atoms with Gasteiger partial charge in [0.15, 0.2) is 11.0 Å². The monoisotopic (exact) mass is 467 g/mol. The number of nitrogens with zero attached hydrogens (tertiary/aromatic N) is 3. The fourth-order valence-corrected chi connectivity index (χ4v) is 4.79. The Bertz CT molecular complexity index is 1100. The Morgan fingerprint density at radius 2 is 1.73 bits per heavy atom. The molecule has 0 aliphatic heterocycles. The first kappa shape index (κ1) is 23.0. The van der Waals surface area contributed by atoms with Gasteiger partial charge >= 0.3 is 6.03 Å². The van der Waals surface area contributed by atoms with Gasteiger partial charge in [-0.15, -0.1) is 10.2 Å². The summed E-state index contributed by atoms with van der Waals surface area (Å²) in [5.74, 6) is -0.313. The lowest BCUT2D eigenvalue weighted by molar-refractivity contribution is -0.117. The molecule has 0 bridgehead atoms. The molecule has 0 spiro atoms. The van der Waals surface area contributed by atoms with Crippen LogP contribution in [0.2, 0.25) is 0 Å². The molecule has 172 valence electrons. The van der Waals surface area contributed by atoms with Crippen LogP contribution in [0.1, 0.15) is 43.7 Å². The molecule has 3 amide bonds. The Morgan fingerprint density at radius 3 is 2.48 bits per heavy atom. The molecule has 2 aromatic carbocycles. The first-order valence-electron chi connectivity index (χ1n) is 11.1. The number of hydrogen-bond acceptors (Lipinski definition) is 5. The summed E-state index contributed by atoms with van der Waals surface area (Å²) in [5.41, 5.74) is 1.34. The van der Waals surface area contributed by atoms with Crippen LogP contribution in [0.4, 0.5) is 9.18 Å². The number of carbonyl (C=O) groups excluding carboxylic acids is 2. The Kier molecular flexibility index (Phi) is 7.72. The van der Waals surface area contributed by atoms with Crippen LogP contribution in [0.5, 0.6) is 0 Å². The third-order valence-corrected chi connectivity index (χ3v) is 6.54. The van der Waals surface area contributed by atoms with Crippen LogP contribution in [0.25, 0.3) is 11.4 Å². The van der Waals surface area contributed by atoms with Crippen molar-refractivity contribution in [2.75, 3.05) is 5.75 Å². The predicted molar refractivity (Wildman–Crippen MR) is 125 cm³/mol. The van der Waals surface area contributed by atoms with Crippen molar-refractivity contribution in [1.82, 2.24) is 25.4 Å². The number of benzene rings is 2. The van der Waals surface area contributed by atoms with Crippen LogP contribution in [0.15, 0.2) is 59.8 Å². The second-order valence-electron chi connectivity index (χ2n) is 7.95. The summed E-state index contributed by atoms with van der Waals surface area (Å²) in [5, 5.41) is 14.1. The van der Waals surface area contributed by atoms with Gasteiger partial charge in [0, 0.05) is 12.6 Å². The van der Waals surface area contributed by atoms with Crippen molar-refractivity contribution in [2.45, 2.75) is 49.8 Å². The lowest BCUT2D eigenvalue weighted by Crippen LogP contribution is -2.40. The summed E-state index contributed by atoms with van der Waals surface area (Å²) in [6.07, 6.45) is 5.27. The lowest BCUT2D eigenvalue weighted by atomic mass is 9.95. The number of imide groups is 1. The molecule has 3 aromatic rings. The average molecular weight is 468 g/mol. The Hall–Kier alpha value is -3.20. The highest BCUT2D eigenvalue weighted by Crippen LogP contribution is 2.36. The average Bonchev–Trinajstić information content (AvgIpc) is 3.26. The van der Waals surface area contributed by atoms with E-state index < -0.39 is 11.9 Å². The van der Waals surface area contributed by atoms with E-state index in [4.69, 9.17) is 0 Å². The minimum absolute atomic E-state index is 0.000875. The number of halogens is 1. The highest BCUT2D eigenvalue weighted by molar-refractivity contribution is 7.99. The molecule has 9 heteroatoms. The zero-order chi connectivity index (χ0) is 23.0. The van der Waals surface area contributed by atoms with E-state index in [9.17, 15) is 14.0 Å². The first-order valence-corrected chi connectivity index (χ1v) is 12.0. The van der Waals surface area contributed by atoms with Crippen molar-refractivity contribution >= 4 is 23.7 Å². The first-order chi connectivity index (χ1) is 16.1. The van der Waals surface area contributed by atoms with E-state index in [0.717, 1.165) is 31.2 Å². The number of nitrogens with one attached hydrogen (secondary N) is 2. The summed E-state index contributed by atoms with van der Waals surface area (Å²) in [7, 11) is 0. The number of amides is 3. The largest absolute Gasteiger partial charge is 0.334 e. The van der Waals surface area contributed by atoms with Crippen molar-refractivity contribution in [3.05, 3.63) is 66.0 Å². The number of aromatic nitrogens is 3. The van der Waals surface area contributed by atoms with E-state index >= 15 is 0 Å². The van der Waals surface area contributed by atoms with Gasteiger partial charge in [0.25, 0.3) is 0 Å². The molecule has 2 N–H and O–H groups in total. The highest BCUT2D eigenvalue weighted by Gasteiger charge is 2.25. The lowest BCUT2D eigenvalue weighted by Gasteiger charge is -2.25. The smallest absolute Gasteiger partial charge is 0.321 e. The molecule has 1 fully saturated rings. The minimum atomic E-state index is -0.551. The van der Waals surface area contributed by atoms with E-state index in [1.54, 1.807) is 18.2 Å². The van der Waals surface area contributed by atoms with Gasteiger partial charge in [0.05, 0.1) is 11.3 Å². The van der Waals surface area contributed by atoms with Gasteiger partial charge in [-0.05, 0) is 30.5 Å². The van der Waals surface area contributed by atoms with Crippen LogP contribution in [0, 0.1) is 5.82 Å². The Morgan fingerprint density at radius 1 is 1.00 bits per heavy atom. The molecule has 1 aliphatic carbocycles. The van der Waals surface area contributed by atoms with Crippen molar-refractivity contribution in [3.63, 3.8) is 0 Å². The summed E-state index contributed by atoms with van der Waals surface area (Å²) in [6.45, 7) is 0.328. The van der Waals surface area contributed by atoms with Gasteiger partial charge in [-0.1, -0.05) is 73.5 Å². The number of carbonyl (C=O) groups is 2. The van der Waals surface area contributed by atoms with Crippen molar-refractivity contribution in [2.24, 2.45) is 0 Å². The number of hydrogen-bond donors (Lipinski definition) is 2. The molecular formula is C24H26FN5O2S. The standard InChI is InChI=1S/C24H26FN5O2S/c25-20-14-8-7-13-19(20)22-28-29-24(30(22)18-11-5-2-6-12-18)33-16-21(31)27-23(32)26-15-17-9-3-1-4-10-17/h1,3-4,7-10,13-14,18H,2,5-6,11-12,15-16H2,(H2,26,27,31,32). The molecule has 0 saturated heterocycles. The van der Waals surface area contributed by atoms with E-state index in [0.29, 0.717) is 23.1 Å². The molecule has 1 heterocycles. The van der Waals surface area contributed by atoms with E-state index in [1.165, 1.54) is 24.2 Å². The van der Waals surface area contributed by atoms with Crippen LogP contribution in [0.3, 0.4) is 0 Å². The summed E-state index contributed by atoms with van der Waals surface area (Å²) in [4.78, 5) is 24.4. The van der Waals surface area contributed by atoms with Crippen LogP contribution >= 0.6 is 11.8 Å². The third-order valence-electron chi connectivity index (χ3n) is 5.60. The van der Waals surface area contributed by atoms with Crippen molar-refractivity contribution < 1.29 is 14.0 Å². The normalized spacial score (nSPS) is 14.1. The maximum absolute atomic E-state index is 14.5. The van der Waals surface area contributed by atoms with Crippen LogP contribution < -0.4 is 10.6 Å². The van der Waals surface area contributed by atoms with E-state index in [1.807, 2.05) is 34.9 Å².